The molecule has 17 heavy (non-hydrogen) atoms. The number of rotatable bonds is 0. The second kappa shape index (κ2) is 4.29. The lowest BCUT2D eigenvalue weighted by atomic mass is 9.94. The van der Waals surface area contributed by atoms with Crippen molar-refractivity contribution in [3.05, 3.63) is 0 Å². The molecule has 2 bridgehead atoms. The van der Waals surface area contributed by atoms with Crippen LogP contribution in [-0.2, 0) is 9.53 Å². The zero-order valence-electron chi connectivity index (χ0n) is 10.7. The number of hydrogen-bond acceptors (Lipinski definition) is 4. The van der Waals surface area contributed by atoms with E-state index in [2.05, 4.69) is 5.32 Å². The van der Waals surface area contributed by atoms with Crippen LogP contribution >= 0.6 is 0 Å². The van der Waals surface area contributed by atoms with E-state index in [0.717, 1.165) is 19.3 Å². The molecule has 2 rings (SSSR count). The standard InChI is InChI=1S/C12H20N2O3/c1-12(2,3)17-11(16)14-7-8-5-4-6-9(13-8)10(14)15/h8-9,13H,4-7H2,1-3H3. The Balaban J connectivity index is 2.05. The first-order valence-electron chi connectivity index (χ1n) is 6.17. The molecular formula is C12H20N2O3. The fourth-order valence-electron chi connectivity index (χ4n) is 2.34. The normalized spacial score (nSPS) is 29.1. The molecule has 0 spiro atoms. The van der Waals surface area contributed by atoms with Gasteiger partial charge in [-0.1, -0.05) is 0 Å². The lowest BCUT2D eigenvalue weighted by Gasteiger charge is -2.40. The fraction of sp³-hybridized carbons (Fsp3) is 0.833. The van der Waals surface area contributed by atoms with Crippen LogP contribution < -0.4 is 5.32 Å². The zero-order chi connectivity index (χ0) is 12.6. The molecule has 1 N–H and O–H groups in total. The van der Waals surface area contributed by atoms with Gasteiger partial charge < -0.3 is 10.1 Å². The lowest BCUT2D eigenvalue weighted by Crippen LogP contribution is -2.63. The molecule has 2 aliphatic heterocycles. The van der Waals surface area contributed by atoms with Crippen LogP contribution in [0.25, 0.3) is 0 Å². The monoisotopic (exact) mass is 240 g/mol. The molecule has 0 aromatic heterocycles. The largest absolute Gasteiger partial charge is 0.443 e. The van der Waals surface area contributed by atoms with E-state index in [9.17, 15) is 9.59 Å². The third-order valence-electron chi connectivity index (χ3n) is 3.06. The highest BCUT2D eigenvalue weighted by molar-refractivity contribution is 5.96. The van der Waals surface area contributed by atoms with Crippen molar-refractivity contribution in [2.24, 2.45) is 0 Å². The molecule has 0 aromatic carbocycles. The first-order chi connectivity index (χ1) is 7.87. The van der Waals surface area contributed by atoms with Crippen LogP contribution in [0.4, 0.5) is 4.79 Å². The van der Waals surface area contributed by atoms with Gasteiger partial charge in [0.15, 0.2) is 0 Å². The highest BCUT2D eigenvalue weighted by Gasteiger charge is 2.40. The molecule has 2 heterocycles. The second-order valence-electron chi connectivity index (χ2n) is 5.78. The average molecular weight is 240 g/mol. The SMILES string of the molecule is CC(C)(C)OC(=O)N1CC2CCCC(N2)C1=O. The number of nitrogens with zero attached hydrogens (tertiary/aromatic N) is 1. The van der Waals surface area contributed by atoms with E-state index in [1.807, 2.05) is 0 Å². The molecule has 5 nitrogen and oxygen atoms in total. The summed E-state index contributed by atoms with van der Waals surface area (Å²) < 4.78 is 5.25. The molecule has 0 aromatic rings. The number of piperazine rings is 1. The minimum Gasteiger partial charge on any atom is -0.443 e. The number of fused-ring (bicyclic) bond motifs is 2. The van der Waals surface area contributed by atoms with Crippen LogP contribution in [0.15, 0.2) is 0 Å². The number of piperidine rings is 1. The minimum atomic E-state index is -0.558. The Kier molecular flexibility index (Phi) is 3.12. The van der Waals surface area contributed by atoms with Crippen LogP contribution in [0, 0.1) is 0 Å². The maximum absolute atomic E-state index is 12.0. The molecule has 96 valence electrons. The van der Waals surface area contributed by atoms with Crippen molar-refractivity contribution < 1.29 is 14.3 Å². The van der Waals surface area contributed by atoms with Crippen molar-refractivity contribution in [2.45, 2.75) is 57.7 Å². The number of imide groups is 1. The number of carbonyl (C=O) groups is 2. The van der Waals surface area contributed by atoms with Crippen LogP contribution in [0.1, 0.15) is 40.0 Å². The summed E-state index contributed by atoms with van der Waals surface area (Å²) in [5, 5.41) is 3.25. The summed E-state index contributed by atoms with van der Waals surface area (Å²) in [6, 6.07) is 0.0361. The van der Waals surface area contributed by atoms with Crippen LogP contribution in [0.5, 0.6) is 0 Å². The third kappa shape index (κ3) is 2.77. The van der Waals surface area contributed by atoms with Gasteiger partial charge in [-0.2, -0.15) is 0 Å². The Bertz CT molecular complexity index is 335. The molecule has 5 heteroatoms. The van der Waals surface area contributed by atoms with Crippen molar-refractivity contribution in [3.63, 3.8) is 0 Å². The van der Waals surface area contributed by atoms with Gasteiger partial charge in [0.1, 0.15) is 5.60 Å². The topological polar surface area (TPSA) is 58.6 Å². The summed E-state index contributed by atoms with van der Waals surface area (Å²) in [5.74, 6) is -0.143. The summed E-state index contributed by atoms with van der Waals surface area (Å²) in [7, 11) is 0. The van der Waals surface area contributed by atoms with E-state index >= 15 is 0 Å². The van der Waals surface area contributed by atoms with E-state index < -0.39 is 11.7 Å². The van der Waals surface area contributed by atoms with Crippen molar-refractivity contribution >= 4 is 12.0 Å². The molecular weight excluding hydrogens is 220 g/mol. The van der Waals surface area contributed by atoms with Gasteiger partial charge in [0.05, 0.1) is 6.04 Å². The molecule has 0 aliphatic carbocycles. The first-order valence-corrected chi connectivity index (χ1v) is 6.17. The third-order valence-corrected chi connectivity index (χ3v) is 3.06. The van der Waals surface area contributed by atoms with Gasteiger partial charge in [-0.3, -0.25) is 4.79 Å². The van der Waals surface area contributed by atoms with Gasteiger partial charge in [-0.15, -0.1) is 0 Å². The summed E-state index contributed by atoms with van der Waals surface area (Å²) in [4.78, 5) is 25.2. The Morgan fingerprint density at radius 3 is 2.76 bits per heavy atom. The molecule has 2 unspecified atom stereocenters. The number of ether oxygens (including phenoxy) is 1. The van der Waals surface area contributed by atoms with Crippen molar-refractivity contribution in [1.82, 2.24) is 10.2 Å². The molecule has 2 aliphatic rings. The highest BCUT2D eigenvalue weighted by Crippen LogP contribution is 2.22. The predicted molar refractivity (Wildman–Crippen MR) is 62.5 cm³/mol. The van der Waals surface area contributed by atoms with E-state index in [-0.39, 0.29) is 18.0 Å². The fourth-order valence-corrected chi connectivity index (χ4v) is 2.34. The van der Waals surface area contributed by atoms with Gasteiger partial charge in [-0.05, 0) is 40.0 Å². The maximum Gasteiger partial charge on any atom is 0.417 e. The van der Waals surface area contributed by atoms with E-state index in [1.165, 1.54) is 4.90 Å². The van der Waals surface area contributed by atoms with Crippen molar-refractivity contribution in [2.75, 3.05) is 6.54 Å². The zero-order valence-corrected chi connectivity index (χ0v) is 10.7. The Hall–Kier alpha value is -1.10. The minimum absolute atomic E-state index is 0.143. The summed E-state index contributed by atoms with van der Waals surface area (Å²) in [5.41, 5.74) is -0.558. The van der Waals surface area contributed by atoms with Crippen molar-refractivity contribution in [3.8, 4) is 0 Å². The molecule has 0 saturated carbocycles. The number of carbonyl (C=O) groups excluding carboxylic acids is 2. The van der Waals surface area contributed by atoms with Crippen LogP contribution in [0.3, 0.4) is 0 Å². The van der Waals surface area contributed by atoms with Crippen molar-refractivity contribution in [1.29, 1.82) is 0 Å². The molecule has 2 fully saturated rings. The Morgan fingerprint density at radius 2 is 2.12 bits per heavy atom. The molecule has 2 atom stereocenters. The average Bonchev–Trinajstić information content (AvgIpc) is 2.21. The van der Waals surface area contributed by atoms with Gasteiger partial charge in [0.25, 0.3) is 0 Å². The summed E-state index contributed by atoms with van der Waals surface area (Å²) in [6.07, 6.45) is 2.37. The number of likely N-dealkylation sites (tertiary alicyclic amines) is 1. The second-order valence-corrected chi connectivity index (χ2v) is 5.78. The first kappa shape index (κ1) is 12.4. The van der Waals surface area contributed by atoms with Gasteiger partial charge in [-0.25, -0.2) is 9.69 Å². The van der Waals surface area contributed by atoms with E-state index in [0.29, 0.717) is 6.54 Å². The number of amides is 2. The Labute approximate surface area is 101 Å². The molecule has 0 radical (unpaired) electrons. The molecule has 2 amide bonds. The lowest BCUT2D eigenvalue weighted by molar-refractivity contribution is -0.137. The summed E-state index contributed by atoms with van der Waals surface area (Å²) >= 11 is 0. The smallest absolute Gasteiger partial charge is 0.417 e. The summed E-state index contributed by atoms with van der Waals surface area (Å²) in [6.45, 7) is 5.85. The molecule has 2 saturated heterocycles. The number of hydrogen-bond donors (Lipinski definition) is 1. The number of nitrogens with one attached hydrogen (secondary N) is 1. The van der Waals surface area contributed by atoms with E-state index in [4.69, 9.17) is 4.74 Å². The predicted octanol–water partition coefficient (Wildman–Crippen LogP) is 1.27. The van der Waals surface area contributed by atoms with E-state index in [1.54, 1.807) is 20.8 Å². The Morgan fingerprint density at radius 1 is 1.41 bits per heavy atom. The van der Waals surface area contributed by atoms with Gasteiger partial charge in [0.2, 0.25) is 5.91 Å². The quantitative estimate of drug-likeness (QED) is 0.693. The maximum atomic E-state index is 12.0. The van der Waals surface area contributed by atoms with Gasteiger partial charge >= 0.3 is 6.09 Å². The van der Waals surface area contributed by atoms with Crippen LogP contribution in [0.2, 0.25) is 0 Å². The van der Waals surface area contributed by atoms with Crippen LogP contribution in [-0.4, -0.2) is 41.1 Å². The highest BCUT2D eigenvalue weighted by atomic mass is 16.6. The van der Waals surface area contributed by atoms with Gasteiger partial charge in [0, 0.05) is 12.6 Å².